The van der Waals surface area contributed by atoms with E-state index in [0.717, 1.165) is 18.8 Å². The topological polar surface area (TPSA) is 58.8 Å². The van der Waals surface area contributed by atoms with E-state index in [-0.39, 0.29) is 5.91 Å². The molecule has 2 atom stereocenters. The van der Waals surface area contributed by atoms with Gasteiger partial charge in [0.2, 0.25) is 5.91 Å². The lowest BCUT2D eigenvalue weighted by molar-refractivity contribution is -0.130. The molecular weight excluding hydrogens is 266 g/mol. The van der Waals surface area contributed by atoms with Crippen LogP contribution in [0.5, 0.6) is 5.75 Å². The number of hydrogen-bond acceptors (Lipinski definition) is 4. The maximum Gasteiger partial charge on any atom is 0.226 e. The molecule has 1 heterocycles. The number of ether oxygens (including phenoxy) is 1. The number of nitrogens with zero attached hydrogens (tertiary/aromatic N) is 2. The summed E-state index contributed by atoms with van der Waals surface area (Å²) in [6.07, 6.45) is 0.414. The van der Waals surface area contributed by atoms with Crippen LogP contribution in [-0.2, 0) is 4.79 Å². The van der Waals surface area contributed by atoms with E-state index in [1.54, 1.807) is 12.1 Å². The van der Waals surface area contributed by atoms with Crippen molar-refractivity contribution >= 4 is 11.6 Å². The Morgan fingerprint density at radius 1 is 1.33 bits per heavy atom. The molecule has 5 nitrogen and oxygen atoms in total. The zero-order chi connectivity index (χ0) is 15.4. The smallest absolute Gasteiger partial charge is 0.226 e. The van der Waals surface area contributed by atoms with E-state index in [0.29, 0.717) is 30.7 Å². The molecule has 2 unspecified atom stereocenters. The van der Waals surface area contributed by atoms with Crippen LogP contribution in [0.4, 0.5) is 5.69 Å². The van der Waals surface area contributed by atoms with E-state index in [1.807, 2.05) is 17.0 Å². The van der Waals surface area contributed by atoms with Gasteiger partial charge in [0.15, 0.2) is 0 Å². The molecule has 21 heavy (non-hydrogen) atoms. The Balaban J connectivity index is 1.76. The average Bonchev–Trinajstić information content (AvgIpc) is 2.83. The van der Waals surface area contributed by atoms with Crippen molar-refractivity contribution in [3.63, 3.8) is 0 Å². The van der Waals surface area contributed by atoms with Gasteiger partial charge in [-0.05, 0) is 44.3 Å². The van der Waals surface area contributed by atoms with E-state index in [9.17, 15) is 4.79 Å². The zero-order valence-electron chi connectivity index (χ0n) is 13.1. The van der Waals surface area contributed by atoms with Crippen molar-refractivity contribution in [1.82, 2.24) is 9.80 Å². The first-order chi connectivity index (χ1) is 9.97. The van der Waals surface area contributed by atoms with Crippen LogP contribution < -0.4 is 10.5 Å². The Kier molecular flexibility index (Phi) is 5.07. The summed E-state index contributed by atoms with van der Waals surface area (Å²) in [5.41, 5.74) is 6.32. The van der Waals surface area contributed by atoms with Crippen LogP contribution in [0, 0.1) is 5.92 Å². The molecule has 1 amide bonds. The van der Waals surface area contributed by atoms with Gasteiger partial charge >= 0.3 is 0 Å². The number of carbonyl (C=O) groups excluding carboxylic acids is 1. The second-order valence-electron chi connectivity index (χ2n) is 5.97. The number of carbonyl (C=O) groups is 1. The fraction of sp³-hybridized carbons (Fsp3) is 0.562. The van der Waals surface area contributed by atoms with Crippen LogP contribution >= 0.6 is 0 Å². The summed E-state index contributed by atoms with van der Waals surface area (Å²) in [6, 6.07) is 7.67. The van der Waals surface area contributed by atoms with Gasteiger partial charge < -0.3 is 20.3 Å². The zero-order valence-corrected chi connectivity index (χ0v) is 13.1. The molecule has 0 bridgehead atoms. The van der Waals surface area contributed by atoms with Crippen molar-refractivity contribution in [3.05, 3.63) is 24.3 Å². The average molecular weight is 291 g/mol. The number of benzene rings is 1. The molecule has 1 fully saturated rings. The lowest BCUT2D eigenvalue weighted by Crippen LogP contribution is -2.36. The SMILES string of the molecule is CC1CN(C(=O)CCOc2ccc(N)cc2)CC1N(C)C. The molecule has 2 rings (SSSR count). The summed E-state index contributed by atoms with van der Waals surface area (Å²) >= 11 is 0. The van der Waals surface area contributed by atoms with Crippen molar-refractivity contribution in [1.29, 1.82) is 0 Å². The van der Waals surface area contributed by atoms with Gasteiger partial charge in [-0.15, -0.1) is 0 Å². The minimum atomic E-state index is 0.168. The van der Waals surface area contributed by atoms with E-state index < -0.39 is 0 Å². The summed E-state index contributed by atoms with van der Waals surface area (Å²) in [5, 5.41) is 0. The number of nitrogen functional groups attached to an aromatic ring is 1. The van der Waals surface area contributed by atoms with Crippen molar-refractivity contribution < 1.29 is 9.53 Å². The quantitative estimate of drug-likeness (QED) is 0.834. The van der Waals surface area contributed by atoms with Crippen molar-refractivity contribution in [3.8, 4) is 5.75 Å². The van der Waals surface area contributed by atoms with Crippen LogP contribution in [0.25, 0.3) is 0 Å². The third-order valence-electron chi connectivity index (χ3n) is 4.05. The van der Waals surface area contributed by atoms with Gasteiger partial charge in [-0.25, -0.2) is 0 Å². The molecule has 1 aromatic carbocycles. The van der Waals surface area contributed by atoms with E-state index in [4.69, 9.17) is 10.5 Å². The van der Waals surface area contributed by atoms with Crippen molar-refractivity contribution in [2.75, 3.05) is 39.5 Å². The highest BCUT2D eigenvalue weighted by Gasteiger charge is 2.33. The fourth-order valence-corrected chi connectivity index (χ4v) is 2.80. The fourth-order valence-electron chi connectivity index (χ4n) is 2.80. The van der Waals surface area contributed by atoms with Crippen molar-refractivity contribution in [2.45, 2.75) is 19.4 Å². The van der Waals surface area contributed by atoms with Gasteiger partial charge in [0.25, 0.3) is 0 Å². The molecule has 116 valence electrons. The van der Waals surface area contributed by atoms with Crippen LogP contribution in [0.1, 0.15) is 13.3 Å². The molecule has 5 heteroatoms. The van der Waals surface area contributed by atoms with Crippen LogP contribution in [0.15, 0.2) is 24.3 Å². The van der Waals surface area contributed by atoms with Gasteiger partial charge in [0.05, 0.1) is 13.0 Å². The Labute approximate surface area is 126 Å². The highest BCUT2D eigenvalue weighted by molar-refractivity contribution is 5.76. The summed E-state index contributed by atoms with van der Waals surface area (Å²) < 4.78 is 5.58. The summed E-state index contributed by atoms with van der Waals surface area (Å²) in [4.78, 5) is 16.4. The molecule has 1 aromatic rings. The first-order valence-electron chi connectivity index (χ1n) is 7.40. The molecular formula is C16H25N3O2. The molecule has 0 saturated carbocycles. The third kappa shape index (κ3) is 4.11. The predicted molar refractivity (Wildman–Crippen MR) is 84.2 cm³/mol. The van der Waals surface area contributed by atoms with Crippen LogP contribution in [0.2, 0.25) is 0 Å². The standard InChI is InChI=1S/C16H25N3O2/c1-12-10-19(11-15(12)18(2)3)16(20)8-9-21-14-6-4-13(17)5-7-14/h4-7,12,15H,8-11,17H2,1-3H3. The Bertz CT molecular complexity index is 473. The third-order valence-corrected chi connectivity index (χ3v) is 4.05. The van der Waals surface area contributed by atoms with Crippen LogP contribution in [-0.4, -0.2) is 55.5 Å². The molecule has 0 aromatic heterocycles. The van der Waals surface area contributed by atoms with Gasteiger partial charge in [-0.2, -0.15) is 0 Å². The largest absolute Gasteiger partial charge is 0.493 e. The lowest BCUT2D eigenvalue weighted by Gasteiger charge is -2.22. The second kappa shape index (κ2) is 6.80. The summed E-state index contributed by atoms with van der Waals surface area (Å²) in [7, 11) is 4.14. The van der Waals surface area contributed by atoms with E-state index in [2.05, 4.69) is 25.9 Å². The molecule has 2 N–H and O–H groups in total. The second-order valence-corrected chi connectivity index (χ2v) is 5.97. The van der Waals surface area contributed by atoms with Gasteiger partial charge in [-0.3, -0.25) is 4.79 Å². The number of likely N-dealkylation sites (tertiary alicyclic amines) is 1. The molecule has 0 aliphatic carbocycles. The number of likely N-dealkylation sites (N-methyl/N-ethyl adjacent to an activating group) is 1. The number of nitrogens with two attached hydrogens (primary N) is 1. The molecule has 0 radical (unpaired) electrons. The van der Waals surface area contributed by atoms with E-state index >= 15 is 0 Å². The molecule has 0 spiro atoms. The highest BCUT2D eigenvalue weighted by atomic mass is 16.5. The maximum absolute atomic E-state index is 12.2. The van der Waals surface area contributed by atoms with Crippen molar-refractivity contribution in [2.24, 2.45) is 5.92 Å². The minimum Gasteiger partial charge on any atom is -0.493 e. The number of anilines is 1. The minimum absolute atomic E-state index is 0.168. The molecule has 1 aliphatic heterocycles. The molecule has 1 aliphatic rings. The Hall–Kier alpha value is -1.75. The van der Waals surface area contributed by atoms with Gasteiger partial charge in [0, 0.05) is 24.8 Å². The lowest BCUT2D eigenvalue weighted by atomic mass is 10.1. The normalized spacial score (nSPS) is 21.8. The Morgan fingerprint density at radius 2 is 2.00 bits per heavy atom. The predicted octanol–water partition coefficient (Wildman–Crippen LogP) is 1.45. The maximum atomic E-state index is 12.2. The van der Waals surface area contributed by atoms with Gasteiger partial charge in [0.1, 0.15) is 5.75 Å². The highest BCUT2D eigenvalue weighted by Crippen LogP contribution is 2.20. The molecule has 1 saturated heterocycles. The Morgan fingerprint density at radius 3 is 2.57 bits per heavy atom. The first-order valence-corrected chi connectivity index (χ1v) is 7.40. The van der Waals surface area contributed by atoms with Crippen LogP contribution in [0.3, 0.4) is 0 Å². The number of rotatable bonds is 5. The van der Waals surface area contributed by atoms with E-state index in [1.165, 1.54) is 0 Å². The number of amides is 1. The summed E-state index contributed by atoms with van der Waals surface area (Å²) in [5.74, 6) is 1.43. The summed E-state index contributed by atoms with van der Waals surface area (Å²) in [6.45, 7) is 4.25. The van der Waals surface area contributed by atoms with Gasteiger partial charge in [-0.1, -0.05) is 6.92 Å². The first kappa shape index (κ1) is 15.6. The monoisotopic (exact) mass is 291 g/mol. The number of hydrogen-bond donors (Lipinski definition) is 1.